The van der Waals surface area contributed by atoms with E-state index in [1.54, 1.807) is 24.3 Å². The summed E-state index contributed by atoms with van der Waals surface area (Å²) < 4.78 is 6.47. The molecular weight excluding hydrogens is 470 g/mol. The van der Waals surface area contributed by atoms with Crippen molar-refractivity contribution in [2.75, 3.05) is 21.7 Å². The first kappa shape index (κ1) is 23.3. The first-order valence-electron chi connectivity index (χ1n) is 10.3. The van der Waals surface area contributed by atoms with Crippen LogP contribution in [0.3, 0.4) is 0 Å². The van der Waals surface area contributed by atoms with E-state index in [1.165, 1.54) is 30.0 Å². The van der Waals surface area contributed by atoms with Gasteiger partial charge in [0.25, 0.3) is 0 Å². The number of nitrogens with zero attached hydrogens (tertiary/aromatic N) is 2. The van der Waals surface area contributed by atoms with E-state index in [1.807, 2.05) is 54.6 Å². The number of para-hydroxylation sites is 1. The van der Waals surface area contributed by atoms with Crippen LogP contribution < -0.4 is 20.7 Å². The molecule has 1 aromatic heterocycles. The highest BCUT2D eigenvalue weighted by molar-refractivity contribution is 8.01. The van der Waals surface area contributed by atoms with Gasteiger partial charge in [-0.05, 0) is 54.6 Å². The van der Waals surface area contributed by atoms with Crippen LogP contribution in [-0.4, -0.2) is 27.8 Å². The van der Waals surface area contributed by atoms with Crippen LogP contribution in [0.1, 0.15) is 6.92 Å². The predicted octanol–water partition coefficient (Wildman–Crippen LogP) is 5.76. The number of carbonyl (C=O) groups excluding carboxylic acids is 2. The molecule has 0 spiro atoms. The third kappa shape index (κ3) is 7.06. The average Bonchev–Trinajstić information content (AvgIpc) is 3.27. The van der Waals surface area contributed by atoms with Crippen molar-refractivity contribution in [3.63, 3.8) is 0 Å². The number of rotatable bonds is 9. The molecule has 2 amide bonds. The number of nitrogens with one attached hydrogen (secondary N) is 3. The van der Waals surface area contributed by atoms with Crippen molar-refractivity contribution < 1.29 is 14.3 Å². The molecule has 1 heterocycles. The Balaban J connectivity index is 1.26. The molecule has 0 atom stereocenters. The summed E-state index contributed by atoms with van der Waals surface area (Å²) in [5.41, 5.74) is 2.08. The Morgan fingerprint density at radius 1 is 0.853 bits per heavy atom. The predicted molar refractivity (Wildman–Crippen MR) is 136 cm³/mol. The van der Waals surface area contributed by atoms with Gasteiger partial charge in [0.2, 0.25) is 16.9 Å². The molecule has 4 aromatic rings. The van der Waals surface area contributed by atoms with Gasteiger partial charge in [0, 0.05) is 24.0 Å². The molecule has 4 rings (SSSR count). The van der Waals surface area contributed by atoms with Gasteiger partial charge in [0.15, 0.2) is 4.34 Å². The van der Waals surface area contributed by atoms with E-state index >= 15 is 0 Å². The van der Waals surface area contributed by atoms with Crippen LogP contribution in [0.2, 0.25) is 0 Å². The van der Waals surface area contributed by atoms with Crippen molar-refractivity contribution in [2.24, 2.45) is 0 Å². The summed E-state index contributed by atoms with van der Waals surface area (Å²) in [5, 5.41) is 17.6. The van der Waals surface area contributed by atoms with Crippen LogP contribution >= 0.6 is 23.1 Å². The van der Waals surface area contributed by atoms with E-state index in [0.29, 0.717) is 20.8 Å². The Hall–Kier alpha value is -3.89. The van der Waals surface area contributed by atoms with E-state index in [0.717, 1.165) is 17.2 Å². The smallest absolute Gasteiger partial charge is 0.234 e. The number of ether oxygens (including phenoxy) is 1. The summed E-state index contributed by atoms with van der Waals surface area (Å²) in [6.45, 7) is 1.43. The van der Waals surface area contributed by atoms with Gasteiger partial charge in [0.1, 0.15) is 11.5 Å². The van der Waals surface area contributed by atoms with Crippen molar-refractivity contribution in [2.45, 2.75) is 11.3 Å². The van der Waals surface area contributed by atoms with Gasteiger partial charge in [-0.25, -0.2) is 0 Å². The number of carbonyl (C=O) groups is 2. The molecule has 3 aromatic carbocycles. The second kappa shape index (κ2) is 11.3. The van der Waals surface area contributed by atoms with Crippen LogP contribution in [-0.2, 0) is 9.59 Å². The molecule has 10 heteroatoms. The number of thioether (sulfide) groups is 1. The number of anilines is 4. The zero-order valence-corrected chi connectivity index (χ0v) is 19.8. The summed E-state index contributed by atoms with van der Waals surface area (Å²) >= 11 is 2.66. The third-order valence-corrected chi connectivity index (χ3v) is 6.26. The molecule has 0 aliphatic carbocycles. The maximum absolute atomic E-state index is 12.3. The molecule has 8 nitrogen and oxygen atoms in total. The number of hydrogen-bond donors (Lipinski definition) is 3. The Labute approximate surface area is 204 Å². The van der Waals surface area contributed by atoms with Crippen LogP contribution in [0, 0.1) is 0 Å². The first-order valence-corrected chi connectivity index (χ1v) is 12.1. The number of hydrogen-bond acceptors (Lipinski definition) is 8. The van der Waals surface area contributed by atoms with Gasteiger partial charge < -0.3 is 20.7 Å². The van der Waals surface area contributed by atoms with E-state index in [9.17, 15) is 9.59 Å². The lowest BCUT2D eigenvalue weighted by atomic mass is 10.2. The van der Waals surface area contributed by atoms with E-state index in [-0.39, 0.29) is 17.6 Å². The van der Waals surface area contributed by atoms with Crippen LogP contribution in [0.4, 0.5) is 22.2 Å². The minimum Gasteiger partial charge on any atom is -0.457 e. The molecule has 0 radical (unpaired) electrons. The molecule has 0 saturated heterocycles. The molecule has 0 aliphatic rings. The zero-order valence-electron chi connectivity index (χ0n) is 18.1. The van der Waals surface area contributed by atoms with Gasteiger partial charge in [-0.2, -0.15) is 0 Å². The van der Waals surface area contributed by atoms with Gasteiger partial charge in [0.05, 0.1) is 5.75 Å². The molecule has 3 N–H and O–H groups in total. The van der Waals surface area contributed by atoms with E-state index < -0.39 is 0 Å². The Bertz CT molecular complexity index is 1260. The lowest BCUT2D eigenvalue weighted by Gasteiger charge is -2.07. The molecule has 34 heavy (non-hydrogen) atoms. The van der Waals surface area contributed by atoms with Gasteiger partial charge in [-0.3, -0.25) is 9.59 Å². The number of amides is 2. The maximum Gasteiger partial charge on any atom is 0.234 e. The Morgan fingerprint density at radius 3 is 2.29 bits per heavy atom. The zero-order chi connectivity index (χ0) is 23.8. The summed E-state index contributed by atoms with van der Waals surface area (Å²) in [6, 6.07) is 24.1. The largest absolute Gasteiger partial charge is 0.457 e. The van der Waals surface area contributed by atoms with Crippen molar-refractivity contribution in [1.82, 2.24) is 10.2 Å². The van der Waals surface area contributed by atoms with Gasteiger partial charge in [-0.1, -0.05) is 47.4 Å². The summed E-state index contributed by atoms with van der Waals surface area (Å²) in [5.74, 6) is 1.35. The maximum atomic E-state index is 12.3. The summed E-state index contributed by atoms with van der Waals surface area (Å²) in [4.78, 5) is 23.5. The van der Waals surface area contributed by atoms with Crippen LogP contribution in [0.15, 0.2) is 83.2 Å². The quantitative estimate of drug-likeness (QED) is 0.256. The molecular formula is C24H21N5O3S2. The lowest BCUT2D eigenvalue weighted by molar-refractivity contribution is -0.114. The summed E-state index contributed by atoms with van der Waals surface area (Å²) in [6.07, 6.45) is 0. The highest BCUT2D eigenvalue weighted by Gasteiger charge is 2.10. The monoisotopic (exact) mass is 491 g/mol. The van der Waals surface area contributed by atoms with Crippen molar-refractivity contribution >= 4 is 57.1 Å². The fourth-order valence-electron chi connectivity index (χ4n) is 2.88. The fourth-order valence-corrected chi connectivity index (χ4v) is 4.45. The SMILES string of the molecule is CC(=O)Nc1cccc(NC(=O)CSc2nnc(Nc3ccc(Oc4ccccc4)cc3)s2)c1. The Morgan fingerprint density at radius 2 is 1.56 bits per heavy atom. The molecule has 172 valence electrons. The van der Waals surface area contributed by atoms with E-state index in [4.69, 9.17) is 4.74 Å². The highest BCUT2D eigenvalue weighted by Crippen LogP contribution is 2.29. The number of benzene rings is 3. The molecule has 0 bridgehead atoms. The third-order valence-electron chi connectivity index (χ3n) is 4.28. The summed E-state index contributed by atoms with van der Waals surface area (Å²) in [7, 11) is 0. The van der Waals surface area contributed by atoms with Crippen molar-refractivity contribution in [1.29, 1.82) is 0 Å². The molecule has 0 aliphatic heterocycles. The fraction of sp³-hybridized carbons (Fsp3) is 0.0833. The van der Waals surface area contributed by atoms with Gasteiger partial charge in [-0.15, -0.1) is 10.2 Å². The number of aromatic nitrogens is 2. The second-order valence-electron chi connectivity index (χ2n) is 7.04. The van der Waals surface area contributed by atoms with Crippen molar-refractivity contribution in [3.8, 4) is 11.5 Å². The standard InChI is InChI=1S/C24H21N5O3S2/c1-16(30)25-18-6-5-7-19(14-18)26-22(31)15-33-24-29-28-23(34-24)27-17-10-12-21(13-11-17)32-20-8-3-2-4-9-20/h2-14H,15H2,1H3,(H,25,30)(H,26,31)(H,27,28). The molecule has 0 unspecified atom stereocenters. The lowest BCUT2D eigenvalue weighted by Crippen LogP contribution is -2.14. The minimum atomic E-state index is -0.177. The van der Waals surface area contributed by atoms with Crippen LogP contribution in [0.5, 0.6) is 11.5 Å². The molecule has 0 fully saturated rings. The van der Waals surface area contributed by atoms with E-state index in [2.05, 4.69) is 26.1 Å². The second-order valence-corrected chi connectivity index (χ2v) is 9.24. The Kier molecular flexibility index (Phi) is 7.74. The first-order chi connectivity index (χ1) is 16.5. The minimum absolute atomic E-state index is 0.170. The molecule has 0 saturated carbocycles. The normalized spacial score (nSPS) is 10.4. The topological polar surface area (TPSA) is 105 Å². The highest BCUT2D eigenvalue weighted by atomic mass is 32.2. The van der Waals surface area contributed by atoms with Crippen molar-refractivity contribution in [3.05, 3.63) is 78.9 Å². The average molecular weight is 492 g/mol. The van der Waals surface area contributed by atoms with Crippen LogP contribution in [0.25, 0.3) is 0 Å². The van der Waals surface area contributed by atoms with Gasteiger partial charge >= 0.3 is 0 Å².